The van der Waals surface area contributed by atoms with Crippen molar-refractivity contribution in [2.24, 2.45) is 0 Å². The first-order chi connectivity index (χ1) is 26.2. The van der Waals surface area contributed by atoms with E-state index >= 15 is 0 Å². The van der Waals surface area contributed by atoms with Crippen LogP contribution in [-0.2, 0) is 0 Å². The molecule has 0 aliphatic rings. The van der Waals surface area contributed by atoms with E-state index in [0.717, 1.165) is 27.8 Å². The van der Waals surface area contributed by atoms with E-state index < -0.39 is 0 Å². The predicted octanol–water partition coefficient (Wildman–Crippen LogP) is 13.4. The summed E-state index contributed by atoms with van der Waals surface area (Å²) in [6.45, 7) is 0. The van der Waals surface area contributed by atoms with Crippen LogP contribution < -0.4 is 0 Å². The molecule has 10 aromatic rings. The van der Waals surface area contributed by atoms with Crippen molar-refractivity contribution >= 4 is 42.3 Å². The zero-order valence-electron chi connectivity index (χ0n) is 28.6. The Morgan fingerprint density at radius 3 is 1.45 bits per heavy atom. The summed E-state index contributed by atoms with van der Waals surface area (Å²) < 4.78 is 2.50. The molecule has 0 spiro atoms. The highest BCUT2D eigenvalue weighted by Gasteiger charge is 2.15. The second-order valence-corrected chi connectivity index (χ2v) is 14.4. The fourth-order valence-corrected chi connectivity index (χ4v) is 8.30. The van der Waals surface area contributed by atoms with E-state index in [1.165, 1.54) is 53.2 Å². The highest BCUT2D eigenvalue weighted by molar-refractivity contribution is 7.25. The number of rotatable bonds is 6. The van der Waals surface area contributed by atoms with Crippen molar-refractivity contribution in [1.29, 1.82) is 0 Å². The number of hydrogen-bond donors (Lipinski definition) is 0. The summed E-state index contributed by atoms with van der Waals surface area (Å²) in [6, 6.07) is 66.6. The Morgan fingerprint density at radius 1 is 0.264 bits per heavy atom. The molecule has 53 heavy (non-hydrogen) atoms. The normalized spacial score (nSPS) is 11.4. The van der Waals surface area contributed by atoms with Crippen molar-refractivity contribution < 1.29 is 0 Å². The molecule has 0 fully saturated rings. The molecule has 3 nitrogen and oxygen atoms in total. The van der Waals surface area contributed by atoms with Crippen molar-refractivity contribution in [1.82, 2.24) is 15.0 Å². The van der Waals surface area contributed by atoms with Gasteiger partial charge in [0.15, 0.2) is 17.5 Å². The Morgan fingerprint density at radius 2 is 0.736 bits per heavy atom. The van der Waals surface area contributed by atoms with E-state index in [4.69, 9.17) is 15.0 Å². The summed E-state index contributed by atoms with van der Waals surface area (Å²) in [5.41, 5.74) is 9.89. The van der Waals surface area contributed by atoms with Crippen LogP contribution in [0.15, 0.2) is 188 Å². The van der Waals surface area contributed by atoms with Gasteiger partial charge in [-0.1, -0.05) is 152 Å². The molecular weight excluding hydrogens is 663 g/mol. The molecule has 0 aliphatic heterocycles. The molecule has 10 rings (SSSR count). The van der Waals surface area contributed by atoms with E-state index in [0.29, 0.717) is 17.5 Å². The highest BCUT2D eigenvalue weighted by Crippen LogP contribution is 2.37. The Balaban J connectivity index is 1.07. The maximum atomic E-state index is 5.08. The maximum absolute atomic E-state index is 5.08. The van der Waals surface area contributed by atoms with E-state index in [2.05, 4.69) is 158 Å². The fourth-order valence-electron chi connectivity index (χ4n) is 7.15. The van der Waals surface area contributed by atoms with Crippen LogP contribution in [0.1, 0.15) is 0 Å². The monoisotopic (exact) mass is 693 g/mol. The average Bonchev–Trinajstić information content (AvgIpc) is 3.62. The Bertz CT molecular complexity index is 2930. The summed E-state index contributed by atoms with van der Waals surface area (Å²) >= 11 is 1.80. The summed E-state index contributed by atoms with van der Waals surface area (Å²) in [4.78, 5) is 15.1. The Hall–Kier alpha value is -6.75. The van der Waals surface area contributed by atoms with Crippen LogP contribution in [0, 0.1) is 0 Å². The molecule has 0 bridgehead atoms. The van der Waals surface area contributed by atoms with Crippen molar-refractivity contribution in [2.75, 3.05) is 0 Å². The minimum atomic E-state index is 0.645. The van der Waals surface area contributed by atoms with Gasteiger partial charge in [-0.15, -0.1) is 11.3 Å². The standard InChI is InChI=1S/C49H31N3S/c1-3-11-32(12-4-1)40-28-41(30-42(29-40)38-24-21-33-13-7-8-16-37(33)27-38)34-19-22-36(23-20-34)48-50-47(35-14-5-2-6-15-35)51-49(52-48)39-25-26-44-43-17-9-10-18-45(43)53-46(44)31-39/h1-31H. The quantitative estimate of drug-likeness (QED) is 0.174. The van der Waals surface area contributed by atoms with Crippen molar-refractivity contribution in [2.45, 2.75) is 0 Å². The van der Waals surface area contributed by atoms with Gasteiger partial charge in [0.1, 0.15) is 0 Å². The van der Waals surface area contributed by atoms with E-state index in [1.54, 1.807) is 11.3 Å². The number of aromatic nitrogens is 3. The first-order valence-corrected chi connectivity index (χ1v) is 18.6. The number of benzene rings is 8. The molecule has 248 valence electrons. The zero-order valence-corrected chi connectivity index (χ0v) is 29.5. The molecule has 0 unspecified atom stereocenters. The van der Waals surface area contributed by atoms with Gasteiger partial charge in [0.25, 0.3) is 0 Å². The smallest absolute Gasteiger partial charge is 0.164 e. The number of thiophene rings is 1. The minimum Gasteiger partial charge on any atom is -0.208 e. The first-order valence-electron chi connectivity index (χ1n) is 17.8. The van der Waals surface area contributed by atoms with E-state index in [-0.39, 0.29) is 0 Å². The van der Waals surface area contributed by atoms with Gasteiger partial charge >= 0.3 is 0 Å². The van der Waals surface area contributed by atoms with Gasteiger partial charge < -0.3 is 0 Å². The zero-order chi connectivity index (χ0) is 35.1. The van der Waals surface area contributed by atoms with Crippen LogP contribution in [0.4, 0.5) is 0 Å². The van der Waals surface area contributed by atoms with Gasteiger partial charge in [-0.2, -0.15) is 0 Å². The first kappa shape index (κ1) is 31.0. The molecular formula is C49H31N3S. The lowest BCUT2D eigenvalue weighted by molar-refractivity contribution is 1.07. The Kier molecular flexibility index (Phi) is 7.67. The van der Waals surface area contributed by atoms with Gasteiger partial charge in [0.2, 0.25) is 0 Å². The minimum absolute atomic E-state index is 0.645. The van der Waals surface area contributed by atoms with Crippen molar-refractivity contribution in [3.05, 3.63) is 188 Å². The van der Waals surface area contributed by atoms with Crippen LogP contribution in [0.25, 0.3) is 98.5 Å². The van der Waals surface area contributed by atoms with Crippen LogP contribution >= 0.6 is 11.3 Å². The summed E-state index contributed by atoms with van der Waals surface area (Å²) in [5.74, 6) is 1.96. The topological polar surface area (TPSA) is 38.7 Å². The number of hydrogen-bond acceptors (Lipinski definition) is 4. The summed E-state index contributed by atoms with van der Waals surface area (Å²) in [7, 11) is 0. The van der Waals surface area contributed by atoms with E-state index in [1.807, 2.05) is 30.3 Å². The Labute approximate surface area is 311 Å². The third-order valence-electron chi connectivity index (χ3n) is 9.90. The second-order valence-electron chi connectivity index (χ2n) is 13.3. The molecule has 8 aromatic carbocycles. The molecule has 0 N–H and O–H groups in total. The fraction of sp³-hybridized carbons (Fsp3) is 0. The molecule has 0 aliphatic carbocycles. The second kappa shape index (κ2) is 13.1. The lowest BCUT2D eigenvalue weighted by atomic mass is 9.92. The molecule has 0 saturated heterocycles. The van der Waals surface area contributed by atoms with Crippen LogP contribution in [-0.4, -0.2) is 15.0 Å². The largest absolute Gasteiger partial charge is 0.208 e. The van der Waals surface area contributed by atoms with E-state index in [9.17, 15) is 0 Å². The SMILES string of the molecule is c1ccc(-c2cc(-c3ccc(-c4nc(-c5ccccc5)nc(-c5ccc6c(c5)sc5ccccc56)n4)cc3)cc(-c3ccc4ccccc4c3)c2)cc1. The molecule has 0 radical (unpaired) electrons. The van der Waals surface area contributed by atoms with Crippen molar-refractivity contribution in [3.8, 4) is 67.5 Å². The van der Waals surface area contributed by atoms with Crippen molar-refractivity contribution in [3.63, 3.8) is 0 Å². The van der Waals surface area contributed by atoms with Crippen LogP contribution in [0.5, 0.6) is 0 Å². The van der Waals surface area contributed by atoms with Gasteiger partial charge in [-0.3, -0.25) is 0 Å². The summed E-state index contributed by atoms with van der Waals surface area (Å²) in [6.07, 6.45) is 0. The molecule has 0 atom stereocenters. The molecule has 4 heteroatoms. The number of nitrogens with zero attached hydrogens (tertiary/aromatic N) is 3. The maximum Gasteiger partial charge on any atom is 0.164 e. The van der Waals surface area contributed by atoms with Gasteiger partial charge in [-0.05, 0) is 80.6 Å². The van der Waals surface area contributed by atoms with Gasteiger partial charge in [0, 0.05) is 36.9 Å². The van der Waals surface area contributed by atoms with Crippen LogP contribution in [0.2, 0.25) is 0 Å². The molecule has 0 amide bonds. The molecule has 2 heterocycles. The predicted molar refractivity (Wildman–Crippen MR) is 223 cm³/mol. The third kappa shape index (κ3) is 5.95. The van der Waals surface area contributed by atoms with Gasteiger partial charge in [-0.25, -0.2) is 15.0 Å². The lowest BCUT2D eigenvalue weighted by Crippen LogP contribution is -2.00. The summed E-state index contributed by atoms with van der Waals surface area (Å²) in [5, 5.41) is 5.00. The third-order valence-corrected chi connectivity index (χ3v) is 11.0. The van der Waals surface area contributed by atoms with Crippen LogP contribution in [0.3, 0.4) is 0 Å². The molecule has 0 saturated carbocycles. The van der Waals surface area contributed by atoms with Gasteiger partial charge in [0.05, 0.1) is 0 Å². The lowest BCUT2D eigenvalue weighted by Gasteiger charge is -2.13. The average molecular weight is 694 g/mol. The molecule has 2 aromatic heterocycles. The number of fused-ring (bicyclic) bond motifs is 4. The highest BCUT2D eigenvalue weighted by atomic mass is 32.1.